The minimum Gasteiger partial charge on any atom is -0.364 e. The Morgan fingerprint density at radius 2 is 1.88 bits per heavy atom. The van der Waals surface area contributed by atoms with E-state index in [0.717, 1.165) is 17.6 Å². The zero-order valence-corrected chi connectivity index (χ0v) is 17.7. The first-order chi connectivity index (χ1) is 15.9. The Bertz CT molecular complexity index is 1140. The highest BCUT2D eigenvalue weighted by Crippen LogP contribution is 2.40. The Labute approximate surface area is 189 Å². The summed E-state index contributed by atoms with van der Waals surface area (Å²) >= 11 is 0. The number of alkyl halides is 3. The van der Waals surface area contributed by atoms with Gasteiger partial charge in [0.1, 0.15) is 5.82 Å². The molecule has 2 aliphatic rings. The second-order valence-corrected chi connectivity index (χ2v) is 8.28. The number of nitrogens with zero attached hydrogens (tertiary/aromatic N) is 4. The van der Waals surface area contributed by atoms with Crippen LogP contribution in [0.5, 0.6) is 0 Å². The molecule has 170 valence electrons. The predicted octanol–water partition coefficient (Wildman–Crippen LogP) is 4.00. The molecule has 9 heteroatoms. The highest BCUT2D eigenvalue weighted by Gasteiger charge is 2.43. The SMILES string of the molecule is O=C(Nc1ccccc1)C1Cc2cc(C(F)(F)F)ccc2N2CCN(c3cnccn3)CC12. The zero-order chi connectivity index (χ0) is 23.0. The number of aromatic nitrogens is 2. The van der Waals surface area contributed by atoms with E-state index < -0.39 is 17.7 Å². The van der Waals surface area contributed by atoms with E-state index in [1.54, 1.807) is 30.7 Å². The first-order valence-electron chi connectivity index (χ1n) is 10.7. The van der Waals surface area contributed by atoms with Gasteiger partial charge < -0.3 is 15.1 Å². The average Bonchev–Trinajstić information content (AvgIpc) is 2.83. The van der Waals surface area contributed by atoms with Crippen LogP contribution < -0.4 is 15.1 Å². The second-order valence-electron chi connectivity index (χ2n) is 8.28. The van der Waals surface area contributed by atoms with Crippen molar-refractivity contribution in [2.24, 2.45) is 5.92 Å². The van der Waals surface area contributed by atoms with Crippen LogP contribution in [0.4, 0.5) is 30.4 Å². The molecular formula is C24H22F3N5O. The number of amides is 1. The van der Waals surface area contributed by atoms with Gasteiger partial charge in [0.15, 0.2) is 0 Å². The number of benzene rings is 2. The molecule has 3 aromatic rings. The Balaban J connectivity index is 1.49. The number of nitrogens with one attached hydrogen (secondary N) is 1. The molecule has 1 aromatic heterocycles. The third-order valence-electron chi connectivity index (χ3n) is 6.29. The highest BCUT2D eigenvalue weighted by molar-refractivity contribution is 5.94. The van der Waals surface area contributed by atoms with Crippen molar-refractivity contribution in [3.8, 4) is 0 Å². The van der Waals surface area contributed by atoms with Crippen LogP contribution in [0, 0.1) is 5.92 Å². The maximum atomic E-state index is 13.4. The number of piperazine rings is 1. The number of carbonyl (C=O) groups excluding carboxylic acids is 1. The number of anilines is 3. The van der Waals surface area contributed by atoms with E-state index in [9.17, 15) is 18.0 Å². The predicted molar refractivity (Wildman–Crippen MR) is 119 cm³/mol. The van der Waals surface area contributed by atoms with Crippen LogP contribution in [-0.2, 0) is 17.4 Å². The molecule has 2 atom stereocenters. The van der Waals surface area contributed by atoms with E-state index in [4.69, 9.17) is 0 Å². The summed E-state index contributed by atoms with van der Waals surface area (Å²) in [6.45, 7) is 1.71. The van der Waals surface area contributed by atoms with Crippen molar-refractivity contribution in [2.45, 2.75) is 18.6 Å². The minimum atomic E-state index is -4.43. The maximum absolute atomic E-state index is 13.4. The van der Waals surface area contributed by atoms with Gasteiger partial charge >= 0.3 is 6.18 Å². The molecule has 3 heterocycles. The first-order valence-corrected chi connectivity index (χ1v) is 10.7. The third kappa shape index (κ3) is 4.22. The van der Waals surface area contributed by atoms with Gasteiger partial charge in [0.2, 0.25) is 5.91 Å². The second kappa shape index (κ2) is 8.38. The van der Waals surface area contributed by atoms with Gasteiger partial charge in [0, 0.05) is 43.4 Å². The summed E-state index contributed by atoms with van der Waals surface area (Å²) in [5.41, 5.74) is 1.27. The number of hydrogen-bond donors (Lipinski definition) is 1. The van der Waals surface area contributed by atoms with Crippen molar-refractivity contribution in [2.75, 3.05) is 34.8 Å². The minimum absolute atomic E-state index is 0.208. The molecule has 5 rings (SSSR count). The summed E-state index contributed by atoms with van der Waals surface area (Å²) in [7, 11) is 0. The lowest BCUT2D eigenvalue weighted by molar-refractivity contribution is -0.137. The highest BCUT2D eigenvalue weighted by atomic mass is 19.4. The van der Waals surface area contributed by atoms with Gasteiger partial charge in [-0.2, -0.15) is 13.2 Å². The molecule has 6 nitrogen and oxygen atoms in total. The van der Waals surface area contributed by atoms with E-state index in [2.05, 4.69) is 25.1 Å². The number of halogens is 3. The van der Waals surface area contributed by atoms with Crippen LogP contribution in [-0.4, -0.2) is 41.6 Å². The maximum Gasteiger partial charge on any atom is 0.416 e. The Hall–Kier alpha value is -3.62. The Kier molecular flexibility index (Phi) is 5.39. The van der Waals surface area contributed by atoms with Gasteiger partial charge in [0.25, 0.3) is 0 Å². The molecule has 2 unspecified atom stereocenters. The van der Waals surface area contributed by atoms with Crippen molar-refractivity contribution < 1.29 is 18.0 Å². The zero-order valence-electron chi connectivity index (χ0n) is 17.7. The molecule has 1 N–H and O–H groups in total. The number of fused-ring (bicyclic) bond motifs is 3. The largest absolute Gasteiger partial charge is 0.416 e. The number of rotatable bonds is 3. The number of carbonyl (C=O) groups is 1. The summed E-state index contributed by atoms with van der Waals surface area (Å²) in [5, 5.41) is 2.94. The summed E-state index contributed by atoms with van der Waals surface area (Å²) in [6, 6.07) is 12.7. The lowest BCUT2D eigenvalue weighted by Crippen LogP contribution is -2.60. The lowest BCUT2D eigenvalue weighted by atomic mass is 9.82. The van der Waals surface area contributed by atoms with Crippen LogP contribution in [0.1, 0.15) is 11.1 Å². The fourth-order valence-corrected chi connectivity index (χ4v) is 4.72. The van der Waals surface area contributed by atoms with E-state index in [0.29, 0.717) is 30.9 Å². The van der Waals surface area contributed by atoms with Crippen molar-refractivity contribution in [1.82, 2.24) is 9.97 Å². The van der Waals surface area contributed by atoms with E-state index >= 15 is 0 Å². The van der Waals surface area contributed by atoms with E-state index in [-0.39, 0.29) is 18.4 Å². The van der Waals surface area contributed by atoms with Gasteiger partial charge in [-0.25, -0.2) is 4.98 Å². The summed E-state index contributed by atoms with van der Waals surface area (Å²) in [6.07, 6.45) is 0.702. The molecule has 0 aliphatic carbocycles. The average molecular weight is 453 g/mol. The Morgan fingerprint density at radius 1 is 1.06 bits per heavy atom. The van der Waals surface area contributed by atoms with Gasteiger partial charge in [-0.1, -0.05) is 18.2 Å². The van der Waals surface area contributed by atoms with Crippen LogP contribution in [0.25, 0.3) is 0 Å². The monoisotopic (exact) mass is 453 g/mol. The lowest BCUT2D eigenvalue weighted by Gasteiger charge is -2.49. The van der Waals surface area contributed by atoms with Crippen LogP contribution in [0.2, 0.25) is 0 Å². The smallest absolute Gasteiger partial charge is 0.364 e. The normalized spacial score (nSPS) is 20.1. The van der Waals surface area contributed by atoms with E-state index in [1.807, 2.05) is 18.2 Å². The van der Waals surface area contributed by atoms with Gasteiger partial charge in [-0.15, -0.1) is 0 Å². The van der Waals surface area contributed by atoms with Gasteiger partial charge in [0.05, 0.1) is 23.7 Å². The van der Waals surface area contributed by atoms with Crippen molar-refractivity contribution in [3.05, 3.63) is 78.2 Å². The molecule has 2 aromatic carbocycles. The molecule has 1 amide bonds. The quantitative estimate of drug-likeness (QED) is 0.650. The van der Waals surface area contributed by atoms with Crippen LogP contribution >= 0.6 is 0 Å². The standard InChI is InChI=1S/C24H22F3N5O/c25-24(26,27)17-6-7-20-16(12-17)13-19(23(33)30-18-4-2-1-3-5-18)21-15-31(10-11-32(20)21)22-14-28-8-9-29-22/h1-9,12,14,19,21H,10-11,13,15H2,(H,30,33). The van der Waals surface area contributed by atoms with Crippen molar-refractivity contribution in [3.63, 3.8) is 0 Å². The molecule has 0 bridgehead atoms. The summed E-state index contributed by atoms with van der Waals surface area (Å²) in [4.78, 5) is 26.0. The van der Waals surface area contributed by atoms with Crippen molar-refractivity contribution >= 4 is 23.1 Å². The molecule has 2 aliphatic heterocycles. The molecule has 1 saturated heterocycles. The molecule has 0 radical (unpaired) electrons. The van der Waals surface area contributed by atoms with Gasteiger partial charge in [-0.05, 0) is 42.3 Å². The van der Waals surface area contributed by atoms with E-state index in [1.165, 1.54) is 12.1 Å². The Morgan fingerprint density at radius 3 is 2.61 bits per heavy atom. The fraction of sp³-hybridized carbons (Fsp3) is 0.292. The topological polar surface area (TPSA) is 61.4 Å². The molecular weight excluding hydrogens is 431 g/mol. The number of para-hydroxylation sites is 1. The van der Waals surface area contributed by atoms with Gasteiger partial charge in [-0.3, -0.25) is 9.78 Å². The summed E-state index contributed by atoms with van der Waals surface area (Å²) < 4.78 is 40.1. The first kappa shape index (κ1) is 21.2. The molecule has 33 heavy (non-hydrogen) atoms. The summed E-state index contributed by atoms with van der Waals surface area (Å²) in [5.74, 6) is -0.0153. The number of hydrogen-bond acceptors (Lipinski definition) is 5. The van der Waals surface area contributed by atoms with Crippen molar-refractivity contribution in [1.29, 1.82) is 0 Å². The van der Waals surface area contributed by atoms with Crippen LogP contribution in [0.3, 0.4) is 0 Å². The third-order valence-corrected chi connectivity index (χ3v) is 6.29. The molecule has 0 saturated carbocycles. The molecule has 1 fully saturated rings. The fourth-order valence-electron chi connectivity index (χ4n) is 4.72. The molecule has 0 spiro atoms. The van der Waals surface area contributed by atoms with Crippen LogP contribution in [0.15, 0.2) is 67.1 Å².